The van der Waals surface area contributed by atoms with E-state index in [0.29, 0.717) is 30.6 Å². The van der Waals surface area contributed by atoms with Crippen LogP contribution in [0.5, 0.6) is 0 Å². The van der Waals surface area contributed by atoms with Gasteiger partial charge in [-0.2, -0.15) is 0 Å². The fraction of sp³-hybridized carbons (Fsp3) is 1.00. The molecule has 3 nitrogen and oxygen atoms in total. The Balaban J connectivity index is 1.68. The van der Waals surface area contributed by atoms with Crippen LogP contribution in [0.3, 0.4) is 0 Å². The first-order chi connectivity index (χ1) is 11.9. The van der Waals surface area contributed by atoms with E-state index in [0.717, 1.165) is 38.5 Å². The van der Waals surface area contributed by atoms with Crippen molar-refractivity contribution in [3.05, 3.63) is 0 Å². The Kier molecular flexibility index (Phi) is 2.83. The average Bonchev–Trinajstić information content (AvgIpc) is 2.76. The monoisotopic (exact) mass is 325 g/mol. The van der Waals surface area contributed by atoms with E-state index in [-0.39, 0.29) is 17.4 Å². The first-order valence-electron chi connectivity index (χ1n) is 11.0. The maximum atomic E-state index is 11.2. The fourth-order valence-corrected chi connectivity index (χ4v) is 7.26. The van der Waals surface area contributed by atoms with Gasteiger partial charge in [0.15, 0.2) is 0 Å². The molecule has 4 rings (SSSR count). The molecule has 132 valence electrons. The van der Waals surface area contributed by atoms with Gasteiger partial charge < -0.3 is 15.3 Å². The van der Waals surface area contributed by atoms with Crippen LogP contribution in [0.15, 0.2) is 0 Å². The van der Waals surface area contributed by atoms with E-state index in [9.17, 15) is 15.3 Å². The second kappa shape index (κ2) is 4.95. The number of hydrogen-bond acceptors (Lipinski definition) is 3. The summed E-state index contributed by atoms with van der Waals surface area (Å²) in [6.07, 6.45) is 5.52. The molecule has 3 heteroatoms. The van der Waals surface area contributed by atoms with Crippen molar-refractivity contribution in [1.29, 1.82) is 0 Å². The number of rotatable bonds is 0. The van der Waals surface area contributed by atoms with Crippen LogP contribution in [0.1, 0.15) is 76.2 Å². The van der Waals surface area contributed by atoms with Crippen LogP contribution in [-0.4, -0.2) is 33.1 Å². The van der Waals surface area contributed by atoms with Gasteiger partial charge in [-0.15, -0.1) is 0 Å². The minimum Gasteiger partial charge on any atom is -0.393 e. The molecule has 23 heavy (non-hydrogen) atoms. The van der Waals surface area contributed by atoms with Crippen molar-refractivity contribution >= 4 is 0 Å². The highest BCUT2D eigenvalue weighted by Gasteiger charge is 2.66. The molecule has 0 spiro atoms. The van der Waals surface area contributed by atoms with E-state index < -0.39 is 24.0 Å². The number of hydrogen-bond donors (Lipinski definition) is 3. The summed E-state index contributed by atoms with van der Waals surface area (Å²) in [5.74, 6) is 1.49. The summed E-state index contributed by atoms with van der Waals surface area (Å²) in [7, 11) is 0. The van der Waals surface area contributed by atoms with E-state index in [4.69, 9.17) is 4.11 Å². The zero-order chi connectivity index (χ0) is 19.1. The average molecular weight is 326 g/mol. The Morgan fingerprint density at radius 3 is 2.48 bits per heavy atom. The number of aliphatic hydroxyl groups is 3. The van der Waals surface area contributed by atoms with Crippen LogP contribution in [0.25, 0.3) is 0 Å². The van der Waals surface area contributed by atoms with Gasteiger partial charge in [-0.1, -0.05) is 13.8 Å². The first-order valence-corrected chi connectivity index (χ1v) is 9.53. The first kappa shape index (κ1) is 13.1. The lowest BCUT2D eigenvalue weighted by molar-refractivity contribution is -0.164. The molecule has 0 bridgehead atoms. The smallest absolute Gasteiger partial charge is 0.0933 e. The van der Waals surface area contributed by atoms with Gasteiger partial charge in [0, 0.05) is 9.53 Å². The van der Waals surface area contributed by atoms with Crippen molar-refractivity contribution in [3.8, 4) is 0 Å². The lowest BCUT2D eigenvalue weighted by Crippen LogP contribution is -2.57. The van der Waals surface area contributed by atoms with E-state index in [2.05, 4.69) is 6.92 Å². The second-order valence-corrected chi connectivity index (χ2v) is 9.56. The van der Waals surface area contributed by atoms with Crippen molar-refractivity contribution < 1.29 is 19.4 Å². The predicted octanol–water partition coefficient (Wildman–Crippen LogP) is 3.11. The molecule has 0 aliphatic heterocycles. The molecule has 3 N–H and O–H groups in total. The quantitative estimate of drug-likeness (QED) is 0.641. The maximum Gasteiger partial charge on any atom is 0.0933 e. The van der Waals surface area contributed by atoms with Gasteiger partial charge in [-0.3, -0.25) is 0 Å². The zero-order valence-corrected chi connectivity index (χ0v) is 14.5. The summed E-state index contributed by atoms with van der Waals surface area (Å²) >= 11 is 0. The van der Waals surface area contributed by atoms with E-state index in [1.807, 2.05) is 6.92 Å². The third-order valence-corrected chi connectivity index (χ3v) is 8.86. The van der Waals surface area contributed by atoms with Crippen LogP contribution in [-0.2, 0) is 0 Å². The molecule has 4 aliphatic carbocycles. The lowest BCUT2D eigenvalue weighted by Gasteiger charge is -2.61. The molecule has 0 radical (unpaired) electrons. The molecule has 4 saturated carbocycles. The molecule has 0 aromatic carbocycles. The highest BCUT2D eigenvalue weighted by molar-refractivity contribution is 5.15. The summed E-state index contributed by atoms with van der Waals surface area (Å²) in [5, 5.41) is 32.0. The second-order valence-electron chi connectivity index (χ2n) is 9.56. The van der Waals surface area contributed by atoms with Crippen LogP contribution in [0.4, 0.5) is 0 Å². The molecule has 0 aromatic heterocycles. The number of fused-ring (bicyclic) bond motifs is 5. The maximum absolute atomic E-state index is 11.2. The highest BCUT2D eigenvalue weighted by Crippen LogP contribution is 2.68. The molecule has 0 amide bonds. The summed E-state index contributed by atoms with van der Waals surface area (Å²) < 4.78 is 23.8. The van der Waals surface area contributed by atoms with Crippen molar-refractivity contribution in [2.24, 2.45) is 34.5 Å². The molecule has 0 aromatic rings. The van der Waals surface area contributed by atoms with E-state index in [1.165, 1.54) is 0 Å². The minimum absolute atomic E-state index is 0.0614. The highest BCUT2D eigenvalue weighted by atomic mass is 16.3. The van der Waals surface area contributed by atoms with Crippen LogP contribution >= 0.6 is 0 Å². The lowest BCUT2D eigenvalue weighted by atomic mass is 9.44. The Bertz CT molecular complexity index is 581. The summed E-state index contributed by atoms with van der Waals surface area (Å²) in [6.45, 7) is 1.72. The standard InChI is InChI=1S/C20H34O3/c1-18-8-6-13(21)10-12(18)4-5-14-15(18)7-9-19(2)16(14)11-17(22)20(19,3)23/h12-17,21-23H,4-11H2,1-3H3/t12-,13-,14+,15-,16-,17+,18-,19-,20-/m0/s1/i3D3. The molecular weight excluding hydrogens is 288 g/mol. The molecule has 4 aliphatic rings. The Labute approximate surface area is 144 Å². The molecule has 9 atom stereocenters. The SMILES string of the molecule is [2H]C([2H])([2H])[C@]1(O)[C@H](O)C[C@H]2[C@@H]3CC[C@H]4C[C@@H](O)CC[C@]4(C)[C@H]3CC[C@@]21C. The minimum atomic E-state index is -2.57. The summed E-state index contributed by atoms with van der Waals surface area (Å²) in [4.78, 5) is 0. The Morgan fingerprint density at radius 1 is 0.957 bits per heavy atom. The molecule has 0 saturated heterocycles. The summed E-state index contributed by atoms with van der Waals surface area (Å²) in [5.41, 5.74) is -2.55. The van der Waals surface area contributed by atoms with Gasteiger partial charge in [-0.05, 0) is 87.3 Å². The van der Waals surface area contributed by atoms with Crippen molar-refractivity contribution in [2.75, 3.05) is 0 Å². The number of aliphatic hydroxyl groups excluding tert-OH is 2. The predicted molar refractivity (Wildman–Crippen MR) is 89.7 cm³/mol. The summed E-state index contributed by atoms with van der Waals surface area (Å²) in [6, 6.07) is 0. The normalized spacial score (nSPS) is 64.8. The van der Waals surface area contributed by atoms with Crippen LogP contribution < -0.4 is 0 Å². The van der Waals surface area contributed by atoms with E-state index in [1.54, 1.807) is 0 Å². The van der Waals surface area contributed by atoms with Gasteiger partial charge >= 0.3 is 0 Å². The van der Waals surface area contributed by atoms with Gasteiger partial charge in [0.2, 0.25) is 0 Å². The Morgan fingerprint density at radius 2 is 1.74 bits per heavy atom. The van der Waals surface area contributed by atoms with Crippen molar-refractivity contribution in [1.82, 2.24) is 0 Å². The van der Waals surface area contributed by atoms with Crippen molar-refractivity contribution in [2.45, 2.75) is 89.9 Å². The van der Waals surface area contributed by atoms with Gasteiger partial charge in [0.25, 0.3) is 0 Å². The van der Waals surface area contributed by atoms with Gasteiger partial charge in [0.05, 0.1) is 17.8 Å². The third-order valence-electron chi connectivity index (χ3n) is 8.86. The molecule has 4 fully saturated rings. The van der Waals surface area contributed by atoms with E-state index >= 15 is 0 Å². The molecular formula is C20H34O3. The van der Waals surface area contributed by atoms with Gasteiger partial charge in [0.1, 0.15) is 0 Å². The molecule has 0 unspecified atom stereocenters. The van der Waals surface area contributed by atoms with Crippen molar-refractivity contribution in [3.63, 3.8) is 0 Å². The van der Waals surface area contributed by atoms with Crippen LogP contribution in [0, 0.1) is 34.5 Å². The van der Waals surface area contributed by atoms with Gasteiger partial charge in [-0.25, -0.2) is 0 Å². The Hall–Kier alpha value is -0.120. The topological polar surface area (TPSA) is 60.7 Å². The van der Waals surface area contributed by atoms with Crippen LogP contribution in [0.2, 0.25) is 0 Å². The molecule has 0 heterocycles. The largest absolute Gasteiger partial charge is 0.393 e. The third kappa shape index (κ3) is 1.99. The fourth-order valence-electron chi connectivity index (χ4n) is 7.26. The zero-order valence-electron chi connectivity index (χ0n) is 17.5.